The van der Waals surface area contributed by atoms with Gasteiger partial charge in [0.15, 0.2) is 15.3 Å². The number of carbonyl (C=O) groups is 3. The molecule has 2 aromatic rings. The van der Waals surface area contributed by atoms with E-state index in [0.29, 0.717) is 4.88 Å². The van der Waals surface area contributed by atoms with Crippen molar-refractivity contribution in [3.8, 4) is 0 Å². The van der Waals surface area contributed by atoms with Gasteiger partial charge in [-0.1, -0.05) is 34.4 Å². The lowest BCUT2D eigenvalue weighted by Crippen LogP contribution is -2.68. The topological polar surface area (TPSA) is 148 Å². The van der Waals surface area contributed by atoms with Crippen LogP contribution in [-0.2, 0) is 19.2 Å². The highest BCUT2D eigenvalue weighted by Crippen LogP contribution is 2.46. The van der Waals surface area contributed by atoms with E-state index in [1.165, 1.54) is 29.8 Å². The van der Waals surface area contributed by atoms with Crippen molar-refractivity contribution >= 4 is 92.2 Å². The molecule has 0 spiro atoms. The Balaban J connectivity index is 1.55. The first-order chi connectivity index (χ1) is 15.7. The van der Waals surface area contributed by atoms with Crippen molar-refractivity contribution in [1.82, 2.24) is 14.9 Å². The number of nitrogens with two attached hydrogens (primary N) is 1. The molecule has 0 saturated carbocycles. The molecule has 2 aromatic heterocycles. The lowest BCUT2D eigenvalue weighted by atomic mass is 9.83. The van der Waals surface area contributed by atoms with Gasteiger partial charge in [0.05, 0.1) is 10.3 Å². The van der Waals surface area contributed by atoms with Crippen LogP contribution < -0.4 is 5.73 Å². The number of aliphatic carboxylic acids is 1. The average molecular weight is 548 g/mol. The summed E-state index contributed by atoms with van der Waals surface area (Å²) in [7, 11) is 1.28. The number of amides is 1. The van der Waals surface area contributed by atoms with E-state index in [9.17, 15) is 19.5 Å². The molecule has 15 heteroatoms. The minimum absolute atomic E-state index is 0.0936. The Morgan fingerprint density at radius 1 is 1.42 bits per heavy atom. The number of anilines is 1. The molecule has 0 bridgehead atoms. The molecular weight excluding hydrogens is 533 g/mol. The van der Waals surface area contributed by atoms with E-state index in [4.69, 9.17) is 33.8 Å². The van der Waals surface area contributed by atoms with E-state index in [2.05, 4.69) is 15.1 Å². The number of Topliss-reactive ketones (excluding diaryl/α,β-unsaturated/α-hetero) is 1. The highest BCUT2D eigenvalue weighted by Gasteiger charge is 2.59. The summed E-state index contributed by atoms with van der Waals surface area (Å²) >= 11 is 15.3. The minimum atomic E-state index is -1.36. The molecule has 0 aliphatic carbocycles. The maximum atomic E-state index is 13.1. The van der Waals surface area contributed by atoms with Gasteiger partial charge in [-0.3, -0.25) is 14.4 Å². The monoisotopic (exact) mass is 547 g/mol. The number of nitrogen functional groups attached to an aromatic ring is 1. The molecule has 1 amide bonds. The van der Waals surface area contributed by atoms with Crippen LogP contribution in [0, 0.1) is 11.3 Å². The zero-order chi connectivity index (χ0) is 23.9. The molecule has 2 aliphatic heterocycles. The number of carbonyl (C=O) groups excluding carboxylic acids is 2. The van der Waals surface area contributed by atoms with Crippen LogP contribution in [0.25, 0.3) is 6.08 Å². The number of hydrogen-bond donors (Lipinski definition) is 2. The average Bonchev–Trinajstić information content (AvgIpc) is 3.34. The molecule has 3 N–H and O–H groups in total. The van der Waals surface area contributed by atoms with Gasteiger partial charge >= 0.3 is 5.97 Å². The number of halogens is 2. The molecule has 0 radical (unpaired) electrons. The van der Waals surface area contributed by atoms with Crippen molar-refractivity contribution in [3.63, 3.8) is 0 Å². The lowest BCUT2D eigenvalue weighted by Gasteiger charge is -2.52. The number of fused-ring (bicyclic) bond motifs is 1. The highest BCUT2D eigenvalue weighted by molar-refractivity contribution is 8.00. The number of carboxylic acid groups (broad SMARTS) is 1. The van der Waals surface area contributed by atoms with E-state index in [-0.39, 0.29) is 38.5 Å². The summed E-state index contributed by atoms with van der Waals surface area (Å²) in [4.78, 5) is 52.8. The standard InChI is InChI=1S/C18H15Cl2N5O5S3/c1-30-24-10(7-4-31-17(21)22-7)11(26)9-13(27)25-5-18(15(28)29,6-32-14(9)25)3-2-8-12(19)23-16(20)33-8/h2-4,9,14H,5-6H2,1H3,(H2,21,22)(H,28,29)/t9?,14-,18?/m1/s1. The van der Waals surface area contributed by atoms with Crippen LogP contribution in [0.5, 0.6) is 0 Å². The lowest BCUT2D eigenvalue weighted by molar-refractivity contribution is -0.159. The van der Waals surface area contributed by atoms with E-state index < -0.39 is 34.4 Å². The predicted molar refractivity (Wildman–Crippen MR) is 128 cm³/mol. The summed E-state index contributed by atoms with van der Waals surface area (Å²) in [5.74, 6) is -3.01. The number of oxime groups is 1. The molecule has 4 heterocycles. The van der Waals surface area contributed by atoms with Crippen LogP contribution in [-0.4, -0.2) is 68.1 Å². The molecule has 3 atom stereocenters. The predicted octanol–water partition coefficient (Wildman–Crippen LogP) is 2.72. The van der Waals surface area contributed by atoms with Crippen LogP contribution in [0.2, 0.25) is 9.62 Å². The van der Waals surface area contributed by atoms with Crippen LogP contribution >= 0.6 is 57.6 Å². The summed E-state index contributed by atoms with van der Waals surface area (Å²) in [5, 5.41) is 15.1. The quantitative estimate of drug-likeness (QED) is 0.231. The van der Waals surface area contributed by atoms with Crippen molar-refractivity contribution in [2.24, 2.45) is 16.5 Å². The van der Waals surface area contributed by atoms with E-state index in [1.807, 2.05) is 0 Å². The zero-order valence-corrected chi connectivity index (χ0v) is 20.7. The van der Waals surface area contributed by atoms with Gasteiger partial charge in [-0.2, -0.15) is 0 Å². The van der Waals surface area contributed by atoms with Crippen molar-refractivity contribution < 1.29 is 24.3 Å². The fourth-order valence-corrected chi connectivity index (χ4v) is 6.88. The third-order valence-electron chi connectivity index (χ3n) is 5.13. The summed E-state index contributed by atoms with van der Waals surface area (Å²) in [6.45, 7) is -0.0936. The largest absolute Gasteiger partial charge is 0.481 e. The van der Waals surface area contributed by atoms with E-state index in [1.54, 1.807) is 11.5 Å². The van der Waals surface area contributed by atoms with Crippen molar-refractivity contribution in [2.45, 2.75) is 5.37 Å². The molecular formula is C18H15Cl2N5O5S3. The Bertz CT molecular complexity index is 1200. The Labute approximate surface area is 209 Å². The molecule has 33 heavy (non-hydrogen) atoms. The minimum Gasteiger partial charge on any atom is -0.481 e. The van der Waals surface area contributed by atoms with Gasteiger partial charge in [-0.25, -0.2) is 9.97 Å². The van der Waals surface area contributed by atoms with Crippen molar-refractivity contribution in [1.29, 1.82) is 0 Å². The Kier molecular flexibility index (Phi) is 6.69. The number of hydrogen-bond acceptors (Lipinski definition) is 11. The van der Waals surface area contributed by atoms with Crippen LogP contribution in [0.15, 0.2) is 16.6 Å². The number of rotatable bonds is 7. The van der Waals surface area contributed by atoms with Gasteiger partial charge in [-0.05, 0) is 6.08 Å². The number of nitrogens with zero attached hydrogens (tertiary/aromatic N) is 4. The van der Waals surface area contributed by atoms with Crippen molar-refractivity contribution in [2.75, 3.05) is 25.1 Å². The first-order valence-electron chi connectivity index (χ1n) is 9.20. The van der Waals surface area contributed by atoms with E-state index in [0.717, 1.165) is 22.7 Å². The summed E-state index contributed by atoms with van der Waals surface area (Å²) < 4.78 is 0.233. The van der Waals surface area contributed by atoms with Gasteiger partial charge in [0.2, 0.25) is 11.7 Å². The van der Waals surface area contributed by atoms with Gasteiger partial charge in [0.25, 0.3) is 0 Å². The van der Waals surface area contributed by atoms with Crippen molar-refractivity contribution in [3.05, 3.63) is 31.6 Å². The molecule has 2 saturated heterocycles. The third kappa shape index (κ3) is 4.35. The molecule has 2 fully saturated rings. The SMILES string of the molecule is CON=C(C(=O)C1C(=O)N2CC(C=Cc3sc(Cl)nc3Cl)(C(=O)O)CS[C@H]12)c1csc(N)n1. The number of aromatic nitrogens is 2. The second-order valence-corrected chi connectivity index (χ2v) is 11.1. The summed E-state index contributed by atoms with van der Waals surface area (Å²) in [5.41, 5.74) is 4.41. The summed E-state index contributed by atoms with van der Waals surface area (Å²) in [6.07, 6.45) is 3.04. The fraction of sp³-hybridized carbons (Fsp3) is 0.333. The first-order valence-corrected chi connectivity index (χ1v) is 12.7. The van der Waals surface area contributed by atoms with Crippen LogP contribution in [0.4, 0.5) is 5.13 Å². The molecule has 4 rings (SSSR count). The zero-order valence-electron chi connectivity index (χ0n) is 16.7. The van der Waals surface area contributed by atoms with Gasteiger partial charge in [-0.15, -0.1) is 34.4 Å². The number of thioether (sulfide) groups is 1. The number of ketones is 1. The number of thiazole rings is 2. The van der Waals surface area contributed by atoms with Gasteiger partial charge < -0.3 is 20.6 Å². The second kappa shape index (κ2) is 9.22. The van der Waals surface area contributed by atoms with Gasteiger partial charge in [0, 0.05) is 17.7 Å². The first kappa shape index (κ1) is 24.0. The third-order valence-corrected chi connectivity index (χ3v) is 8.88. The number of carboxylic acids is 1. The highest BCUT2D eigenvalue weighted by atomic mass is 35.5. The summed E-state index contributed by atoms with van der Waals surface area (Å²) in [6, 6.07) is 0. The Morgan fingerprint density at radius 3 is 2.76 bits per heavy atom. The van der Waals surface area contributed by atoms with Crippen LogP contribution in [0.3, 0.4) is 0 Å². The molecule has 2 unspecified atom stereocenters. The molecule has 2 aliphatic rings. The second-order valence-electron chi connectivity index (χ2n) is 7.12. The Hall–Kier alpha value is -2.19. The molecule has 174 valence electrons. The molecule has 10 nitrogen and oxygen atoms in total. The fourth-order valence-electron chi connectivity index (χ4n) is 3.48. The van der Waals surface area contributed by atoms with E-state index >= 15 is 0 Å². The Morgan fingerprint density at radius 2 is 2.18 bits per heavy atom. The molecule has 0 aromatic carbocycles. The van der Waals surface area contributed by atoms with Gasteiger partial charge in [0.1, 0.15) is 29.3 Å². The maximum Gasteiger partial charge on any atom is 0.316 e. The maximum absolute atomic E-state index is 13.1. The normalized spacial score (nSPS) is 25.1. The van der Waals surface area contributed by atoms with Crippen LogP contribution in [0.1, 0.15) is 10.6 Å². The number of β-lactam (4-membered cyclic amide) rings is 1. The smallest absolute Gasteiger partial charge is 0.316 e.